The first-order valence-corrected chi connectivity index (χ1v) is 16.4. The zero-order valence-electron chi connectivity index (χ0n) is 27.5. The summed E-state index contributed by atoms with van der Waals surface area (Å²) < 4.78 is 22.0. The lowest BCUT2D eigenvalue weighted by Crippen LogP contribution is -2.34. The predicted molar refractivity (Wildman–Crippen MR) is 177 cm³/mol. The van der Waals surface area contributed by atoms with E-state index >= 15 is 0 Å². The molecule has 0 atom stereocenters. The SMILES string of the molecule is CCOC(=O)c1sc(Nc2nc(N3CCCN(C(C)=O)CC3)c3c(n2)N(Cc2cc(OC)c(OC)c(OC)c2)CCCC3)nc1C. The van der Waals surface area contributed by atoms with Crippen molar-refractivity contribution in [2.24, 2.45) is 0 Å². The minimum Gasteiger partial charge on any atom is -0.493 e. The number of aryl methyl sites for hydroxylation is 1. The number of nitrogens with zero attached hydrogens (tertiary/aromatic N) is 6. The molecule has 14 heteroatoms. The number of thiazole rings is 1. The molecular formula is C32H43N7O6S. The van der Waals surface area contributed by atoms with Gasteiger partial charge in [0.2, 0.25) is 17.6 Å². The number of anilines is 4. The van der Waals surface area contributed by atoms with E-state index in [2.05, 4.69) is 20.1 Å². The number of carbonyl (C=O) groups is 2. The minimum absolute atomic E-state index is 0.0822. The highest BCUT2D eigenvalue weighted by atomic mass is 32.1. The number of rotatable bonds is 10. The third-order valence-corrected chi connectivity index (χ3v) is 9.24. The fourth-order valence-electron chi connectivity index (χ4n) is 5.95. The Morgan fingerprint density at radius 3 is 2.33 bits per heavy atom. The zero-order chi connectivity index (χ0) is 32.8. The Kier molecular flexibility index (Phi) is 10.7. The van der Waals surface area contributed by atoms with Crippen LogP contribution in [0.1, 0.15) is 59.6 Å². The maximum Gasteiger partial charge on any atom is 0.350 e. The molecule has 5 rings (SSSR count). The normalized spacial score (nSPS) is 15.0. The molecule has 1 N–H and O–H groups in total. The summed E-state index contributed by atoms with van der Waals surface area (Å²) in [6.07, 6.45) is 3.64. The summed E-state index contributed by atoms with van der Waals surface area (Å²) in [6.45, 7) is 9.59. The predicted octanol–water partition coefficient (Wildman–Crippen LogP) is 4.59. The molecule has 0 radical (unpaired) electrons. The molecule has 0 unspecified atom stereocenters. The van der Waals surface area contributed by atoms with Gasteiger partial charge in [-0.15, -0.1) is 0 Å². The van der Waals surface area contributed by atoms with E-state index in [0.29, 0.717) is 65.1 Å². The number of nitrogens with one attached hydrogen (secondary N) is 1. The molecule has 248 valence electrons. The molecular weight excluding hydrogens is 610 g/mol. The molecule has 0 aliphatic carbocycles. The summed E-state index contributed by atoms with van der Waals surface area (Å²) >= 11 is 1.22. The highest BCUT2D eigenvalue weighted by molar-refractivity contribution is 7.17. The number of ether oxygens (including phenoxy) is 4. The Morgan fingerprint density at radius 1 is 0.913 bits per heavy atom. The van der Waals surface area contributed by atoms with E-state index in [1.54, 1.807) is 42.1 Å². The van der Waals surface area contributed by atoms with Crippen molar-refractivity contribution in [3.8, 4) is 17.2 Å². The average Bonchev–Trinajstić information content (AvgIpc) is 3.19. The van der Waals surface area contributed by atoms with Crippen LogP contribution >= 0.6 is 11.3 Å². The van der Waals surface area contributed by atoms with Crippen LogP contribution in [0.4, 0.5) is 22.7 Å². The van der Waals surface area contributed by atoms with Crippen LogP contribution in [0.2, 0.25) is 0 Å². The number of fused-ring (bicyclic) bond motifs is 1. The lowest BCUT2D eigenvalue weighted by atomic mass is 10.1. The molecule has 1 saturated heterocycles. The molecule has 3 aromatic rings. The van der Waals surface area contributed by atoms with Gasteiger partial charge in [0.15, 0.2) is 16.6 Å². The second-order valence-electron chi connectivity index (χ2n) is 11.2. The summed E-state index contributed by atoms with van der Waals surface area (Å²) in [5.41, 5.74) is 2.65. The number of hydrogen-bond donors (Lipinski definition) is 1. The molecule has 4 heterocycles. The van der Waals surface area contributed by atoms with E-state index in [9.17, 15) is 9.59 Å². The van der Waals surface area contributed by atoms with E-state index in [0.717, 1.165) is 61.5 Å². The van der Waals surface area contributed by atoms with Gasteiger partial charge in [-0.1, -0.05) is 11.3 Å². The van der Waals surface area contributed by atoms with Crippen molar-refractivity contribution in [2.75, 3.05) is 75.8 Å². The second kappa shape index (κ2) is 14.8. The fraction of sp³-hybridized carbons (Fsp3) is 0.531. The summed E-state index contributed by atoms with van der Waals surface area (Å²) in [6, 6.07) is 3.93. The number of benzene rings is 1. The first-order valence-electron chi connectivity index (χ1n) is 15.6. The van der Waals surface area contributed by atoms with E-state index in [1.165, 1.54) is 11.3 Å². The Bertz CT molecular complexity index is 1540. The molecule has 2 aliphatic heterocycles. The van der Waals surface area contributed by atoms with Gasteiger partial charge in [-0.2, -0.15) is 9.97 Å². The van der Waals surface area contributed by atoms with Crippen molar-refractivity contribution in [2.45, 2.75) is 53.0 Å². The van der Waals surface area contributed by atoms with Crippen LogP contribution in [0, 0.1) is 6.92 Å². The van der Waals surface area contributed by atoms with Gasteiger partial charge in [0.05, 0.1) is 33.6 Å². The molecule has 13 nitrogen and oxygen atoms in total. The second-order valence-corrected chi connectivity index (χ2v) is 12.2. The number of esters is 1. The van der Waals surface area contributed by atoms with Crippen LogP contribution in [0.15, 0.2) is 12.1 Å². The molecule has 0 spiro atoms. The smallest absolute Gasteiger partial charge is 0.350 e. The fourth-order valence-corrected chi connectivity index (χ4v) is 6.80. The minimum atomic E-state index is -0.398. The standard InChI is InChI=1S/C32H43N7O6S/c1-7-45-30(41)27-20(2)33-32(46-27)36-31-34-28(38-14-10-13-37(15-16-38)21(3)40)23-11-8-9-12-39(29(23)35-31)19-22-17-24(42-4)26(44-6)25(18-22)43-5/h17-18H,7-16,19H2,1-6H3,(H,33,34,35,36). The van der Waals surface area contributed by atoms with Crippen LogP contribution < -0.4 is 29.3 Å². The highest BCUT2D eigenvalue weighted by Crippen LogP contribution is 2.40. The van der Waals surface area contributed by atoms with Gasteiger partial charge in [-0.05, 0) is 57.2 Å². The maximum atomic E-state index is 12.5. The van der Waals surface area contributed by atoms with Crippen molar-refractivity contribution in [3.63, 3.8) is 0 Å². The number of methoxy groups -OCH3 is 3. The van der Waals surface area contributed by atoms with Gasteiger partial charge < -0.3 is 33.6 Å². The summed E-state index contributed by atoms with van der Waals surface area (Å²) in [7, 11) is 4.82. The third-order valence-electron chi connectivity index (χ3n) is 8.18. The van der Waals surface area contributed by atoms with Crippen molar-refractivity contribution in [3.05, 3.63) is 33.8 Å². The molecule has 2 aromatic heterocycles. The van der Waals surface area contributed by atoms with Gasteiger partial charge in [0, 0.05) is 51.8 Å². The highest BCUT2D eigenvalue weighted by Gasteiger charge is 2.28. The van der Waals surface area contributed by atoms with Crippen LogP contribution in [-0.4, -0.2) is 92.4 Å². The van der Waals surface area contributed by atoms with Crippen LogP contribution in [0.25, 0.3) is 0 Å². The number of amides is 1. The molecule has 1 aromatic carbocycles. The summed E-state index contributed by atoms with van der Waals surface area (Å²) in [5, 5.41) is 3.80. The van der Waals surface area contributed by atoms with E-state index in [1.807, 2.05) is 17.0 Å². The van der Waals surface area contributed by atoms with E-state index in [-0.39, 0.29) is 12.5 Å². The largest absolute Gasteiger partial charge is 0.493 e. The number of aromatic nitrogens is 3. The first kappa shape index (κ1) is 33.0. The number of carbonyl (C=O) groups excluding carboxylic acids is 2. The van der Waals surface area contributed by atoms with E-state index < -0.39 is 5.97 Å². The van der Waals surface area contributed by atoms with Crippen molar-refractivity contribution < 1.29 is 28.5 Å². The molecule has 1 fully saturated rings. The lowest BCUT2D eigenvalue weighted by molar-refractivity contribution is -0.128. The van der Waals surface area contributed by atoms with Crippen LogP contribution in [0.5, 0.6) is 17.2 Å². The monoisotopic (exact) mass is 653 g/mol. The van der Waals surface area contributed by atoms with Gasteiger partial charge in [0.1, 0.15) is 16.5 Å². The van der Waals surface area contributed by atoms with Crippen molar-refractivity contribution in [1.82, 2.24) is 19.9 Å². The Hall–Kier alpha value is -4.33. The molecule has 1 amide bonds. The first-order chi connectivity index (χ1) is 22.3. The van der Waals surface area contributed by atoms with Gasteiger partial charge in [-0.3, -0.25) is 10.1 Å². The number of hydrogen-bond acceptors (Lipinski definition) is 13. The average molecular weight is 654 g/mol. The Morgan fingerprint density at radius 2 is 1.65 bits per heavy atom. The molecule has 0 saturated carbocycles. The molecule has 2 aliphatic rings. The van der Waals surface area contributed by atoms with Crippen molar-refractivity contribution in [1.29, 1.82) is 0 Å². The quantitative estimate of drug-likeness (QED) is 0.307. The summed E-state index contributed by atoms with van der Waals surface area (Å²) in [5.74, 6) is 3.50. The molecule has 0 bridgehead atoms. The summed E-state index contributed by atoms with van der Waals surface area (Å²) in [4.78, 5) is 46.3. The maximum absolute atomic E-state index is 12.5. The zero-order valence-corrected chi connectivity index (χ0v) is 28.3. The topological polar surface area (TPSA) is 131 Å². The van der Waals surface area contributed by atoms with Crippen LogP contribution in [0.3, 0.4) is 0 Å². The third kappa shape index (κ3) is 7.22. The van der Waals surface area contributed by atoms with Crippen molar-refractivity contribution >= 4 is 45.9 Å². The van der Waals surface area contributed by atoms with E-state index in [4.69, 9.17) is 28.9 Å². The molecule has 46 heavy (non-hydrogen) atoms. The van der Waals surface area contributed by atoms with Gasteiger partial charge in [0.25, 0.3) is 0 Å². The van der Waals surface area contributed by atoms with Gasteiger partial charge >= 0.3 is 5.97 Å². The Labute approximate surface area is 273 Å². The Balaban J connectivity index is 1.56. The lowest BCUT2D eigenvalue weighted by Gasteiger charge is -2.29. The van der Waals surface area contributed by atoms with Gasteiger partial charge in [-0.25, -0.2) is 9.78 Å². The van der Waals surface area contributed by atoms with Crippen LogP contribution in [-0.2, 0) is 22.5 Å².